The van der Waals surface area contributed by atoms with Gasteiger partial charge in [-0.15, -0.1) is 0 Å². The topological polar surface area (TPSA) is 129 Å². The zero-order valence-corrected chi connectivity index (χ0v) is 13.4. The monoisotopic (exact) mass is 320 g/mol. The number of azide groups is 1. The van der Waals surface area contributed by atoms with Gasteiger partial charge in [-0.1, -0.05) is 5.11 Å². The molecule has 0 radical (unpaired) electrons. The van der Waals surface area contributed by atoms with Crippen molar-refractivity contribution in [3.8, 4) is 0 Å². The van der Waals surface area contributed by atoms with Gasteiger partial charge in [0.15, 0.2) is 0 Å². The molecule has 1 rings (SSSR count). The highest BCUT2D eigenvalue weighted by Crippen LogP contribution is 2.08. The van der Waals surface area contributed by atoms with Gasteiger partial charge in [0.1, 0.15) is 5.60 Å². The van der Waals surface area contributed by atoms with Crippen LogP contribution in [0.4, 0.5) is 10.5 Å². The van der Waals surface area contributed by atoms with E-state index in [1.54, 1.807) is 32.9 Å². The second-order valence-corrected chi connectivity index (χ2v) is 5.65. The van der Waals surface area contributed by atoms with Crippen LogP contribution in [0.5, 0.6) is 0 Å². The molecule has 0 aliphatic heterocycles. The summed E-state index contributed by atoms with van der Waals surface area (Å²) in [4.78, 5) is 29.8. The van der Waals surface area contributed by atoms with E-state index in [0.717, 1.165) is 0 Å². The molecule has 1 aromatic rings. The van der Waals surface area contributed by atoms with E-state index >= 15 is 0 Å². The molecule has 0 aliphatic carbocycles. The van der Waals surface area contributed by atoms with E-state index in [4.69, 9.17) is 10.3 Å². The number of nitrogens with zero attached hydrogens (tertiary/aromatic N) is 4. The van der Waals surface area contributed by atoms with Crippen molar-refractivity contribution in [2.75, 3.05) is 11.9 Å². The van der Waals surface area contributed by atoms with Crippen molar-refractivity contribution < 1.29 is 14.3 Å². The lowest BCUT2D eigenvalue weighted by Gasteiger charge is -2.19. The minimum absolute atomic E-state index is 0.111. The Labute approximate surface area is 134 Å². The maximum Gasteiger partial charge on any atom is 0.407 e. The number of hydrogen-bond acceptors (Lipinski definition) is 5. The zero-order chi connectivity index (χ0) is 17.3. The minimum atomic E-state index is -0.574. The van der Waals surface area contributed by atoms with Crippen molar-refractivity contribution in [1.82, 2.24) is 10.3 Å². The Morgan fingerprint density at radius 1 is 1.39 bits per heavy atom. The van der Waals surface area contributed by atoms with Gasteiger partial charge in [-0.2, -0.15) is 0 Å². The molecule has 1 heterocycles. The minimum Gasteiger partial charge on any atom is -0.444 e. The zero-order valence-electron chi connectivity index (χ0n) is 13.4. The van der Waals surface area contributed by atoms with Crippen molar-refractivity contribution in [2.24, 2.45) is 5.11 Å². The maximum absolute atomic E-state index is 11.7. The first-order valence-corrected chi connectivity index (χ1v) is 7.02. The van der Waals surface area contributed by atoms with Crippen LogP contribution >= 0.6 is 0 Å². The fraction of sp³-hybridized carbons (Fsp3) is 0.500. The molecule has 0 saturated carbocycles. The van der Waals surface area contributed by atoms with Crippen LogP contribution in [0.25, 0.3) is 10.4 Å². The number of carbonyl (C=O) groups excluding carboxylic acids is 2. The molecule has 1 aromatic heterocycles. The van der Waals surface area contributed by atoms with Crippen LogP contribution in [0, 0.1) is 0 Å². The van der Waals surface area contributed by atoms with E-state index in [0.29, 0.717) is 11.4 Å². The van der Waals surface area contributed by atoms with E-state index in [-0.39, 0.29) is 25.4 Å². The smallest absolute Gasteiger partial charge is 0.407 e. The highest BCUT2D eigenvalue weighted by atomic mass is 16.6. The molecule has 0 bridgehead atoms. The second kappa shape index (κ2) is 8.60. The van der Waals surface area contributed by atoms with Gasteiger partial charge in [-0.25, -0.2) is 4.79 Å². The molecule has 0 fully saturated rings. The Balaban J connectivity index is 2.33. The quantitative estimate of drug-likeness (QED) is 0.474. The highest BCUT2D eigenvalue weighted by Gasteiger charge is 2.15. The number of pyridine rings is 1. The summed E-state index contributed by atoms with van der Waals surface area (Å²) < 4.78 is 5.06. The number of amides is 2. The maximum atomic E-state index is 11.7. The van der Waals surface area contributed by atoms with Crippen LogP contribution in [0.1, 0.15) is 32.9 Å². The first-order chi connectivity index (χ1) is 10.8. The molecule has 2 amide bonds. The van der Waals surface area contributed by atoms with E-state index in [2.05, 4.69) is 25.6 Å². The molecular formula is C14H20N6O3. The van der Waals surface area contributed by atoms with Crippen molar-refractivity contribution in [1.29, 1.82) is 0 Å². The fourth-order valence-corrected chi connectivity index (χ4v) is 1.51. The summed E-state index contributed by atoms with van der Waals surface area (Å²) in [5.74, 6) is -0.259. The number of anilines is 1. The molecule has 2 N–H and O–H groups in total. The molecule has 9 heteroatoms. The molecular weight excluding hydrogens is 300 g/mol. The number of alkyl carbamates (subject to hydrolysis) is 1. The SMILES string of the molecule is CC(C)(C)OC(=O)NCCC(=O)Nc1ccc(CN=[N+]=[N-])nc1. The van der Waals surface area contributed by atoms with Crippen LogP contribution in [0.15, 0.2) is 23.4 Å². The third-order valence-electron chi connectivity index (χ3n) is 2.42. The Hall–Kier alpha value is -2.80. The summed E-state index contributed by atoms with van der Waals surface area (Å²) in [5, 5.41) is 8.55. The van der Waals surface area contributed by atoms with Gasteiger partial charge in [0.05, 0.1) is 18.4 Å². The number of aromatic nitrogens is 1. The van der Waals surface area contributed by atoms with Crippen molar-refractivity contribution >= 4 is 17.7 Å². The number of rotatable bonds is 6. The van der Waals surface area contributed by atoms with Gasteiger partial charge in [-0.05, 0) is 38.4 Å². The summed E-state index contributed by atoms with van der Waals surface area (Å²) >= 11 is 0. The van der Waals surface area contributed by atoms with Gasteiger partial charge >= 0.3 is 6.09 Å². The number of carbonyl (C=O) groups is 2. The predicted molar refractivity (Wildman–Crippen MR) is 84.6 cm³/mol. The van der Waals surface area contributed by atoms with E-state index in [1.165, 1.54) is 6.20 Å². The third kappa shape index (κ3) is 8.27. The fourth-order valence-electron chi connectivity index (χ4n) is 1.51. The van der Waals surface area contributed by atoms with Gasteiger partial charge in [0.25, 0.3) is 0 Å². The van der Waals surface area contributed by atoms with Gasteiger partial charge in [-0.3, -0.25) is 9.78 Å². The molecule has 0 saturated heterocycles. The first-order valence-electron chi connectivity index (χ1n) is 7.02. The molecule has 0 aromatic carbocycles. The van der Waals surface area contributed by atoms with Gasteiger partial charge in [0, 0.05) is 23.6 Å². The number of hydrogen-bond donors (Lipinski definition) is 2. The molecule has 0 aliphatic rings. The van der Waals surface area contributed by atoms with Crippen molar-refractivity contribution in [3.05, 3.63) is 34.5 Å². The number of nitrogens with one attached hydrogen (secondary N) is 2. The van der Waals surface area contributed by atoms with Gasteiger partial charge in [0.2, 0.25) is 5.91 Å². The summed E-state index contributed by atoms with van der Waals surface area (Å²) in [6.45, 7) is 5.61. The van der Waals surface area contributed by atoms with Gasteiger partial charge < -0.3 is 15.4 Å². The van der Waals surface area contributed by atoms with Crippen LogP contribution in [0.3, 0.4) is 0 Å². The summed E-state index contributed by atoms with van der Waals surface area (Å²) in [5.41, 5.74) is 8.77. The first kappa shape index (κ1) is 18.2. The number of ether oxygens (including phenoxy) is 1. The van der Waals surface area contributed by atoms with E-state index < -0.39 is 11.7 Å². The summed E-state index contributed by atoms with van der Waals surface area (Å²) in [6, 6.07) is 3.32. The summed E-state index contributed by atoms with van der Waals surface area (Å²) in [6.07, 6.45) is 1.02. The average molecular weight is 320 g/mol. The lowest BCUT2D eigenvalue weighted by atomic mass is 10.2. The predicted octanol–water partition coefficient (Wildman–Crippen LogP) is 2.75. The largest absolute Gasteiger partial charge is 0.444 e. The lowest BCUT2D eigenvalue weighted by molar-refractivity contribution is -0.116. The molecule has 23 heavy (non-hydrogen) atoms. The molecule has 0 unspecified atom stereocenters. The van der Waals surface area contributed by atoms with E-state index in [9.17, 15) is 9.59 Å². The molecule has 124 valence electrons. The molecule has 0 spiro atoms. The average Bonchev–Trinajstić information content (AvgIpc) is 2.44. The normalized spacial score (nSPS) is 10.4. The van der Waals surface area contributed by atoms with Crippen LogP contribution in [-0.4, -0.2) is 29.1 Å². The van der Waals surface area contributed by atoms with Crippen molar-refractivity contribution in [3.63, 3.8) is 0 Å². The van der Waals surface area contributed by atoms with Crippen LogP contribution < -0.4 is 10.6 Å². The standard InChI is InChI=1S/C14H20N6O3/c1-14(2,3)23-13(22)16-7-6-12(21)19-11-5-4-10(17-8-11)9-18-20-15/h4-5,8H,6-7,9H2,1-3H3,(H,16,22)(H,19,21). The molecule has 9 nitrogen and oxygen atoms in total. The van der Waals surface area contributed by atoms with Crippen LogP contribution in [-0.2, 0) is 16.1 Å². The molecule has 0 atom stereocenters. The highest BCUT2D eigenvalue weighted by molar-refractivity contribution is 5.90. The Kier molecular flexibility index (Phi) is 6.82. The Bertz CT molecular complexity index is 588. The third-order valence-corrected chi connectivity index (χ3v) is 2.42. The Morgan fingerprint density at radius 2 is 2.13 bits per heavy atom. The second-order valence-electron chi connectivity index (χ2n) is 5.65. The van der Waals surface area contributed by atoms with Crippen molar-refractivity contribution in [2.45, 2.75) is 39.3 Å². The van der Waals surface area contributed by atoms with E-state index in [1.807, 2.05) is 0 Å². The summed E-state index contributed by atoms with van der Waals surface area (Å²) in [7, 11) is 0. The Morgan fingerprint density at radius 3 is 2.70 bits per heavy atom. The van der Waals surface area contributed by atoms with Crippen LogP contribution in [0.2, 0.25) is 0 Å². The lowest BCUT2D eigenvalue weighted by Crippen LogP contribution is -2.34.